The van der Waals surface area contributed by atoms with E-state index in [1.54, 1.807) is 30.3 Å². The Morgan fingerprint density at radius 2 is 1.77 bits per heavy atom. The number of anilines is 1. The Morgan fingerprint density at radius 1 is 1.08 bits per heavy atom. The van der Waals surface area contributed by atoms with Gasteiger partial charge in [-0.2, -0.15) is 0 Å². The summed E-state index contributed by atoms with van der Waals surface area (Å²) in [5, 5.41) is 5.60. The fourth-order valence-corrected chi connectivity index (χ4v) is 2.31. The third-order valence-electron chi connectivity index (χ3n) is 3.47. The summed E-state index contributed by atoms with van der Waals surface area (Å²) in [6, 6.07) is 14.4. The maximum Gasteiger partial charge on any atom is 0.251 e. The van der Waals surface area contributed by atoms with Crippen molar-refractivity contribution in [2.45, 2.75) is 26.8 Å². The van der Waals surface area contributed by atoms with Gasteiger partial charge >= 0.3 is 0 Å². The number of nitrogens with one attached hydrogen (secondary N) is 2. The van der Waals surface area contributed by atoms with Crippen LogP contribution in [0.5, 0.6) is 5.75 Å². The summed E-state index contributed by atoms with van der Waals surface area (Å²) in [5.41, 5.74) is 2.02. The number of ether oxygens (including phenoxy) is 1. The Kier molecular flexibility index (Phi) is 6.97. The minimum atomic E-state index is -0.254. The molecular formula is C21H24N2O3. The number of carbonyl (C=O) groups excluding carboxylic acids is 2. The van der Waals surface area contributed by atoms with E-state index in [1.165, 1.54) is 6.08 Å². The van der Waals surface area contributed by atoms with Crippen LogP contribution in [0.2, 0.25) is 0 Å². The molecule has 2 amide bonds. The molecule has 0 unspecified atom stereocenters. The van der Waals surface area contributed by atoms with Gasteiger partial charge in [-0.25, -0.2) is 0 Å². The molecule has 2 N–H and O–H groups in total. The van der Waals surface area contributed by atoms with Gasteiger partial charge in [-0.1, -0.05) is 18.2 Å². The molecule has 0 heterocycles. The molecule has 136 valence electrons. The monoisotopic (exact) mass is 352 g/mol. The fourth-order valence-electron chi connectivity index (χ4n) is 2.31. The van der Waals surface area contributed by atoms with E-state index < -0.39 is 0 Å². The van der Waals surface area contributed by atoms with Crippen LogP contribution in [0.25, 0.3) is 6.08 Å². The maximum atomic E-state index is 12.1. The van der Waals surface area contributed by atoms with Crippen molar-refractivity contribution >= 4 is 23.6 Å². The summed E-state index contributed by atoms with van der Waals surface area (Å²) in [5.74, 6) is 0.348. The van der Waals surface area contributed by atoms with E-state index in [9.17, 15) is 9.59 Å². The van der Waals surface area contributed by atoms with Crippen molar-refractivity contribution in [3.63, 3.8) is 0 Å². The predicted octanol–water partition coefficient (Wildman–Crippen LogP) is 3.88. The molecule has 2 aromatic carbocycles. The van der Waals surface area contributed by atoms with Crippen LogP contribution >= 0.6 is 0 Å². The summed E-state index contributed by atoms with van der Waals surface area (Å²) < 4.78 is 5.53. The van der Waals surface area contributed by atoms with Gasteiger partial charge in [0.15, 0.2) is 0 Å². The summed E-state index contributed by atoms with van der Waals surface area (Å²) in [7, 11) is 0. The molecule has 0 atom stereocenters. The number of rotatable bonds is 7. The number of para-hydroxylation sites is 1. The predicted molar refractivity (Wildman–Crippen MR) is 104 cm³/mol. The standard InChI is InChI=1S/C21H24N2O3/c1-4-26-19-8-6-5-7-16(19)11-14-20(24)23-18-12-9-17(10-13-18)21(25)22-15(2)3/h5-15H,4H2,1-3H3,(H,22,25)(H,23,24). The van der Waals surface area contributed by atoms with Crippen molar-refractivity contribution in [1.29, 1.82) is 0 Å². The van der Waals surface area contributed by atoms with Crippen LogP contribution in [-0.2, 0) is 4.79 Å². The first kappa shape index (κ1) is 19.2. The van der Waals surface area contributed by atoms with Gasteiger partial charge < -0.3 is 15.4 Å². The molecule has 0 aromatic heterocycles. The lowest BCUT2D eigenvalue weighted by Gasteiger charge is -2.09. The zero-order valence-electron chi connectivity index (χ0n) is 15.3. The van der Waals surface area contributed by atoms with Crippen molar-refractivity contribution in [3.05, 3.63) is 65.7 Å². The first-order chi connectivity index (χ1) is 12.5. The molecule has 0 saturated heterocycles. The van der Waals surface area contributed by atoms with Crippen LogP contribution in [0.4, 0.5) is 5.69 Å². The van der Waals surface area contributed by atoms with Gasteiger partial charge in [-0.3, -0.25) is 9.59 Å². The minimum Gasteiger partial charge on any atom is -0.493 e. The summed E-state index contributed by atoms with van der Waals surface area (Å²) in [6.07, 6.45) is 3.17. The average molecular weight is 352 g/mol. The van der Waals surface area contributed by atoms with Crippen LogP contribution in [0, 0.1) is 0 Å². The number of amides is 2. The van der Waals surface area contributed by atoms with Crippen LogP contribution in [-0.4, -0.2) is 24.5 Å². The lowest BCUT2D eigenvalue weighted by molar-refractivity contribution is -0.111. The molecule has 0 saturated carbocycles. The third-order valence-corrected chi connectivity index (χ3v) is 3.47. The smallest absolute Gasteiger partial charge is 0.251 e. The van der Waals surface area contributed by atoms with Crippen LogP contribution in [0.3, 0.4) is 0 Å². The van der Waals surface area contributed by atoms with Crippen molar-refractivity contribution < 1.29 is 14.3 Å². The van der Waals surface area contributed by atoms with Crippen molar-refractivity contribution in [2.24, 2.45) is 0 Å². The van der Waals surface area contributed by atoms with Gasteiger partial charge in [0.05, 0.1) is 6.61 Å². The van der Waals surface area contributed by atoms with E-state index in [2.05, 4.69) is 10.6 Å². The molecular weight excluding hydrogens is 328 g/mol. The van der Waals surface area contributed by atoms with E-state index in [0.29, 0.717) is 17.9 Å². The topological polar surface area (TPSA) is 67.4 Å². The van der Waals surface area contributed by atoms with Crippen molar-refractivity contribution in [3.8, 4) is 5.75 Å². The highest BCUT2D eigenvalue weighted by Gasteiger charge is 2.07. The molecule has 5 heteroatoms. The lowest BCUT2D eigenvalue weighted by atomic mass is 10.1. The Labute approximate surface area is 154 Å². The molecule has 5 nitrogen and oxygen atoms in total. The van der Waals surface area contributed by atoms with Crippen molar-refractivity contribution in [2.75, 3.05) is 11.9 Å². The molecule has 2 rings (SSSR count). The highest BCUT2D eigenvalue weighted by Crippen LogP contribution is 2.19. The van der Waals surface area contributed by atoms with E-state index in [1.807, 2.05) is 45.0 Å². The molecule has 0 spiro atoms. The second-order valence-electron chi connectivity index (χ2n) is 6.00. The molecule has 0 aliphatic heterocycles. The Balaban J connectivity index is 1.99. The lowest BCUT2D eigenvalue weighted by Crippen LogP contribution is -2.29. The molecule has 0 radical (unpaired) electrons. The SMILES string of the molecule is CCOc1ccccc1C=CC(=O)Nc1ccc(C(=O)NC(C)C)cc1. The number of hydrogen-bond donors (Lipinski definition) is 2. The van der Waals surface area contributed by atoms with E-state index in [-0.39, 0.29) is 17.9 Å². The van der Waals surface area contributed by atoms with Crippen LogP contribution < -0.4 is 15.4 Å². The normalized spacial score (nSPS) is 10.8. The zero-order chi connectivity index (χ0) is 18.9. The molecule has 0 aliphatic carbocycles. The summed E-state index contributed by atoms with van der Waals surface area (Å²) in [4.78, 5) is 24.0. The maximum absolute atomic E-state index is 12.1. The number of carbonyl (C=O) groups is 2. The molecule has 26 heavy (non-hydrogen) atoms. The van der Waals surface area contributed by atoms with Gasteiger partial charge in [0.25, 0.3) is 5.91 Å². The quantitative estimate of drug-likeness (QED) is 0.743. The molecule has 2 aromatic rings. The van der Waals surface area contributed by atoms with E-state index in [4.69, 9.17) is 4.74 Å². The average Bonchev–Trinajstić information content (AvgIpc) is 2.61. The molecule has 0 aliphatic rings. The molecule has 0 fully saturated rings. The van der Waals surface area contributed by atoms with Crippen LogP contribution in [0.15, 0.2) is 54.6 Å². The highest BCUT2D eigenvalue weighted by molar-refractivity contribution is 6.02. The van der Waals surface area contributed by atoms with Gasteiger partial charge in [-0.05, 0) is 57.2 Å². The van der Waals surface area contributed by atoms with Crippen LogP contribution in [0.1, 0.15) is 36.7 Å². The van der Waals surface area contributed by atoms with E-state index >= 15 is 0 Å². The van der Waals surface area contributed by atoms with Crippen molar-refractivity contribution in [1.82, 2.24) is 5.32 Å². The second-order valence-corrected chi connectivity index (χ2v) is 6.00. The number of hydrogen-bond acceptors (Lipinski definition) is 3. The van der Waals surface area contributed by atoms with Gasteiger partial charge in [0.2, 0.25) is 5.91 Å². The summed E-state index contributed by atoms with van der Waals surface area (Å²) >= 11 is 0. The third kappa shape index (κ3) is 5.77. The highest BCUT2D eigenvalue weighted by atomic mass is 16.5. The minimum absolute atomic E-state index is 0.0755. The van der Waals surface area contributed by atoms with Gasteiger partial charge in [0.1, 0.15) is 5.75 Å². The second kappa shape index (κ2) is 9.42. The van der Waals surface area contributed by atoms with E-state index in [0.717, 1.165) is 11.3 Å². The number of benzene rings is 2. The Hall–Kier alpha value is -3.08. The first-order valence-corrected chi connectivity index (χ1v) is 8.61. The molecule has 0 bridgehead atoms. The Morgan fingerprint density at radius 3 is 2.42 bits per heavy atom. The fraction of sp³-hybridized carbons (Fsp3) is 0.238. The van der Waals surface area contributed by atoms with Gasteiger partial charge in [-0.15, -0.1) is 0 Å². The zero-order valence-corrected chi connectivity index (χ0v) is 15.3. The first-order valence-electron chi connectivity index (χ1n) is 8.61. The largest absolute Gasteiger partial charge is 0.493 e. The summed E-state index contributed by atoms with van der Waals surface area (Å²) in [6.45, 7) is 6.29. The Bertz CT molecular complexity index is 780. The van der Waals surface area contributed by atoms with Gasteiger partial charge in [0, 0.05) is 28.9 Å².